The molecule has 2 aliphatic rings. The number of ether oxygens (including phenoxy) is 2. The summed E-state index contributed by atoms with van der Waals surface area (Å²) in [6.07, 6.45) is 8.58. The van der Waals surface area contributed by atoms with E-state index in [2.05, 4.69) is 22.8 Å². The monoisotopic (exact) mass is 291 g/mol. The van der Waals surface area contributed by atoms with Crippen molar-refractivity contribution in [1.29, 1.82) is 0 Å². The maximum atomic E-state index is 6.05. The highest BCUT2D eigenvalue weighted by molar-refractivity contribution is 5.05. The van der Waals surface area contributed by atoms with Crippen LogP contribution in [0.15, 0.2) is 25.0 Å². The van der Waals surface area contributed by atoms with Gasteiger partial charge in [0.25, 0.3) is 0 Å². The van der Waals surface area contributed by atoms with Crippen LogP contribution in [-0.2, 0) is 23.1 Å². The van der Waals surface area contributed by atoms with Gasteiger partial charge in [-0.1, -0.05) is 6.08 Å². The van der Waals surface area contributed by atoms with Gasteiger partial charge < -0.3 is 9.47 Å². The Labute approximate surface area is 126 Å². The molecule has 5 nitrogen and oxygen atoms in total. The van der Waals surface area contributed by atoms with Gasteiger partial charge in [0.1, 0.15) is 0 Å². The van der Waals surface area contributed by atoms with Crippen molar-refractivity contribution in [2.75, 3.05) is 26.4 Å². The molecule has 21 heavy (non-hydrogen) atoms. The number of aryl methyl sites for hydroxylation is 1. The molecule has 2 heterocycles. The first-order valence-corrected chi connectivity index (χ1v) is 7.79. The maximum Gasteiger partial charge on any atom is 0.0781 e. The summed E-state index contributed by atoms with van der Waals surface area (Å²) in [5, 5.41) is 4.26. The van der Waals surface area contributed by atoms with Crippen molar-refractivity contribution in [2.24, 2.45) is 13.0 Å². The van der Waals surface area contributed by atoms with Crippen LogP contribution in [0.2, 0.25) is 0 Å². The third kappa shape index (κ3) is 3.36. The van der Waals surface area contributed by atoms with Crippen LogP contribution < -0.4 is 0 Å². The average Bonchev–Trinajstić information content (AvgIpc) is 3.07. The lowest BCUT2D eigenvalue weighted by atomic mass is 10.0. The molecule has 3 rings (SSSR count). The molecule has 1 aliphatic carbocycles. The van der Waals surface area contributed by atoms with Crippen molar-refractivity contribution in [2.45, 2.75) is 31.5 Å². The number of nitrogens with zero attached hydrogens (tertiary/aromatic N) is 3. The average molecular weight is 291 g/mol. The molecule has 0 bridgehead atoms. The number of hydrogen-bond donors (Lipinski definition) is 0. The first-order chi connectivity index (χ1) is 10.3. The zero-order valence-electron chi connectivity index (χ0n) is 12.8. The highest BCUT2D eigenvalue weighted by atomic mass is 16.5. The number of fused-ring (bicyclic) bond motifs is 1. The fourth-order valence-corrected chi connectivity index (χ4v) is 3.60. The topological polar surface area (TPSA) is 39.5 Å². The summed E-state index contributed by atoms with van der Waals surface area (Å²) >= 11 is 0. The third-order valence-electron chi connectivity index (χ3n) is 4.55. The molecule has 1 aliphatic heterocycles. The lowest BCUT2D eigenvalue weighted by Gasteiger charge is -2.39. The highest BCUT2D eigenvalue weighted by Gasteiger charge is 2.42. The van der Waals surface area contributed by atoms with Gasteiger partial charge in [0.2, 0.25) is 0 Å². The summed E-state index contributed by atoms with van der Waals surface area (Å²) in [4.78, 5) is 2.55. The minimum Gasteiger partial charge on any atom is -0.377 e. The van der Waals surface area contributed by atoms with Gasteiger partial charge in [-0.05, 0) is 12.8 Å². The van der Waals surface area contributed by atoms with Gasteiger partial charge in [-0.2, -0.15) is 5.10 Å². The summed E-state index contributed by atoms with van der Waals surface area (Å²) in [6, 6.07) is 0.524. The van der Waals surface area contributed by atoms with Crippen LogP contribution in [0.25, 0.3) is 0 Å². The Hall–Kier alpha value is -1.17. The minimum atomic E-state index is 0.320. The second kappa shape index (κ2) is 6.73. The normalized spacial score (nSPS) is 29.5. The lowest BCUT2D eigenvalue weighted by molar-refractivity contribution is -0.0869. The smallest absolute Gasteiger partial charge is 0.0781 e. The van der Waals surface area contributed by atoms with Crippen LogP contribution >= 0.6 is 0 Å². The molecule has 1 aromatic rings. The third-order valence-corrected chi connectivity index (χ3v) is 4.55. The van der Waals surface area contributed by atoms with Crippen molar-refractivity contribution in [3.63, 3.8) is 0 Å². The van der Waals surface area contributed by atoms with E-state index in [0.717, 1.165) is 26.3 Å². The van der Waals surface area contributed by atoms with Gasteiger partial charge >= 0.3 is 0 Å². The van der Waals surface area contributed by atoms with Gasteiger partial charge in [0.15, 0.2) is 0 Å². The summed E-state index contributed by atoms with van der Waals surface area (Å²) in [7, 11) is 1.97. The SMILES string of the molecule is C=CCOC[C@@H]1CC[C@H]2[C@H]1OCCN2Cc1cnn(C)c1. The first kappa shape index (κ1) is 14.8. The lowest BCUT2D eigenvalue weighted by Crippen LogP contribution is -2.50. The Bertz CT molecular complexity index is 474. The van der Waals surface area contributed by atoms with Crippen LogP contribution in [0.1, 0.15) is 18.4 Å². The van der Waals surface area contributed by atoms with Crippen molar-refractivity contribution in [3.05, 3.63) is 30.6 Å². The Morgan fingerprint density at radius 2 is 2.43 bits per heavy atom. The van der Waals surface area contributed by atoms with Gasteiger partial charge in [0, 0.05) is 43.9 Å². The summed E-state index contributed by atoms with van der Waals surface area (Å²) in [5.41, 5.74) is 1.28. The van der Waals surface area contributed by atoms with Crippen LogP contribution in [0.5, 0.6) is 0 Å². The maximum absolute atomic E-state index is 6.05. The standard InChI is InChI=1S/C16H25N3O2/c1-3-7-20-12-14-4-5-15-16(14)21-8-6-19(15)11-13-9-17-18(2)10-13/h3,9-10,14-16H,1,4-8,11-12H2,2H3/t14-,15-,16-/m0/s1. The second-order valence-corrected chi connectivity index (χ2v) is 6.06. The Balaban J connectivity index is 1.59. The molecule has 0 aromatic carbocycles. The molecule has 116 valence electrons. The fraction of sp³-hybridized carbons (Fsp3) is 0.688. The van der Waals surface area contributed by atoms with E-state index >= 15 is 0 Å². The van der Waals surface area contributed by atoms with Crippen molar-refractivity contribution in [3.8, 4) is 0 Å². The van der Waals surface area contributed by atoms with Gasteiger partial charge in [0.05, 0.1) is 32.1 Å². The van der Waals surface area contributed by atoms with Gasteiger partial charge in [-0.25, -0.2) is 0 Å². The van der Waals surface area contributed by atoms with E-state index in [-0.39, 0.29) is 0 Å². The first-order valence-electron chi connectivity index (χ1n) is 7.79. The number of rotatable bonds is 6. The zero-order valence-corrected chi connectivity index (χ0v) is 12.8. The predicted molar refractivity (Wildman–Crippen MR) is 80.9 cm³/mol. The minimum absolute atomic E-state index is 0.320. The van der Waals surface area contributed by atoms with E-state index < -0.39 is 0 Å². The van der Waals surface area contributed by atoms with Gasteiger partial charge in [-0.3, -0.25) is 9.58 Å². The van der Waals surface area contributed by atoms with Crippen LogP contribution in [0.3, 0.4) is 0 Å². The summed E-state index contributed by atoms with van der Waals surface area (Å²) in [5.74, 6) is 0.520. The molecule has 0 N–H and O–H groups in total. The number of morpholine rings is 1. The van der Waals surface area contributed by atoms with E-state index in [1.807, 2.05) is 24.0 Å². The molecule has 1 saturated carbocycles. The molecule has 3 atom stereocenters. The van der Waals surface area contributed by atoms with Gasteiger partial charge in [-0.15, -0.1) is 6.58 Å². The molecule has 0 radical (unpaired) electrons. The van der Waals surface area contributed by atoms with Crippen molar-refractivity contribution < 1.29 is 9.47 Å². The van der Waals surface area contributed by atoms with Crippen molar-refractivity contribution >= 4 is 0 Å². The molecule has 5 heteroatoms. The zero-order chi connectivity index (χ0) is 14.7. The molecule has 0 amide bonds. The number of aromatic nitrogens is 2. The quantitative estimate of drug-likeness (QED) is 0.589. The Morgan fingerprint density at radius 3 is 3.19 bits per heavy atom. The van der Waals surface area contributed by atoms with Crippen LogP contribution in [0.4, 0.5) is 0 Å². The summed E-state index contributed by atoms with van der Waals surface area (Å²) < 4.78 is 13.6. The van der Waals surface area contributed by atoms with E-state index in [4.69, 9.17) is 9.47 Å². The second-order valence-electron chi connectivity index (χ2n) is 6.06. The fourth-order valence-electron chi connectivity index (χ4n) is 3.60. The molecule has 0 unspecified atom stereocenters. The van der Waals surface area contributed by atoms with Crippen LogP contribution in [0, 0.1) is 5.92 Å². The largest absolute Gasteiger partial charge is 0.377 e. The molecule has 1 saturated heterocycles. The highest BCUT2D eigenvalue weighted by Crippen LogP contribution is 2.35. The molecule has 1 aromatic heterocycles. The number of hydrogen-bond acceptors (Lipinski definition) is 4. The Kier molecular flexibility index (Phi) is 4.73. The molecule has 2 fully saturated rings. The molecular weight excluding hydrogens is 266 g/mol. The van der Waals surface area contributed by atoms with E-state index in [9.17, 15) is 0 Å². The van der Waals surface area contributed by atoms with Crippen LogP contribution in [-0.4, -0.2) is 53.2 Å². The Morgan fingerprint density at radius 1 is 1.52 bits per heavy atom. The van der Waals surface area contributed by atoms with Crippen molar-refractivity contribution in [1.82, 2.24) is 14.7 Å². The van der Waals surface area contributed by atoms with E-state index in [1.165, 1.54) is 18.4 Å². The molecular formula is C16H25N3O2. The van der Waals surface area contributed by atoms with E-state index in [0.29, 0.717) is 24.7 Å². The predicted octanol–water partition coefficient (Wildman–Crippen LogP) is 1.60. The summed E-state index contributed by atoms with van der Waals surface area (Å²) in [6.45, 7) is 7.91. The molecule has 0 spiro atoms. The van der Waals surface area contributed by atoms with E-state index in [1.54, 1.807) is 0 Å².